The molecule has 0 amide bonds. The second-order valence-electron chi connectivity index (χ2n) is 8.13. The summed E-state index contributed by atoms with van der Waals surface area (Å²) in [6, 6.07) is 3.66. The van der Waals surface area contributed by atoms with Gasteiger partial charge in [-0.3, -0.25) is 4.79 Å². The third-order valence-corrected chi connectivity index (χ3v) is 6.03. The number of halogens is 1. The standard InChI is InChI=1S/C21H22ClN5O2S/c1-21(2,3)15(8-16(28)29-4)25-18-12-5-6-30-20(12)27-19(26-18)14-10-24-17-13(14)7-11(22)9-23-17/h5-7,9-10,15H,8H2,1-4H3,(H,23,24)(H,25,26,27)/t15-/m1/s1. The van der Waals surface area contributed by atoms with E-state index in [1.807, 2.05) is 23.7 Å². The van der Waals surface area contributed by atoms with Gasteiger partial charge in [0.05, 0.1) is 23.9 Å². The van der Waals surface area contributed by atoms with Crippen LogP contribution in [-0.2, 0) is 9.53 Å². The molecule has 156 valence electrons. The first kappa shape index (κ1) is 20.6. The summed E-state index contributed by atoms with van der Waals surface area (Å²) in [5.41, 5.74) is 1.34. The minimum absolute atomic E-state index is 0.171. The van der Waals surface area contributed by atoms with Crippen LogP contribution in [0.3, 0.4) is 0 Å². The minimum Gasteiger partial charge on any atom is -0.469 e. The molecule has 4 aromatic heterocycles. The zero-order valence-electron chi connectivity index (χ0n) is 17.1. The fourth-order valence-corrected chi connectivity index (χ4v) is 4.16. The number of aromatic nitrogens is 4. The largest absolute Gasteiger partial charge is 0.469 e. The molecular weight excluding hydrogens is 422 g/mol. The van der Waals surface area contributed by atoms with Gasteiger partial charge >= 0.3 is 5.97 Å². The van der Waals surface area contributed by atoms with Crippen molar-refractivity contribution >= 4 is 56.0 Å². The number of rotatable bonds is 5. The molecule has 0 aromatic carbocycles. The lowest BCUT2D eigenvalue weighted by molar-refractivity contribution is -0.141. The van der Waals surface area contributed by atoms with Crippen LogP contribution in [0.5, 0.6) is 0 Å². The molecule has 0 saturated carbocycles. The molecular formula is C21H22ClN5O2S. The lowest BCUT2D eigenvalue weighted by Crippen LogP contribution is -2.36. The first-order valence-corrected chi connectivity index (χ1v) is 10.7. The number of thiophene rings is 1. The van der Waals surface area contributed by atoms with Gasteiger partial charge in [0.2, 0.25) is 0 Å². The number of esters is 1. The van der Waals surface area contributed by atoms with E-state index in [1.165, 1.54) is 18.4 Å². The van der Waals surface area contributed by atoms with E-state index in [-0.39, 0.29) is 23.8 Å². The Kier molecular flexibility index (Phi) is 5.38. The molecule has 9 heteroatoms. The fourth-order valence-electron chi connectivity index (χ4n) is 3.24. The lowest BCUT2D eigenvalue weighted by atomic mass is 9.84. The number of ether oxygens (including phenoxy) is 1. The average molecular weight is 444 g/mol. The van der Waals surface area contributed by atoms with Crippen molar-refractivity contribution in [1.29, 1.82) is 0 Å². The Morgan fingerprint density at radius 1 is 1.33 bits per heavy atom. The SMILES string of the molecule is COC(=O)C[C@@H](Nc1nc(-c2c[nH]c3ncc(Cl)cc23)nc2sccc12)C(C)(C)C. The van der Waals surface area contributed by atoms with Crippen LogP contribution >= 0.6 is 22.9 Å². The van der Waals surface area contributed by atoms with Gasteiger partial charge in [-0.25, -0.2) is 15.0 Å². The predicted octanol–water partition coefficient (Wildman–Crippen LogP) is 5.28. The molecule has 4 rings (SSSR count). The number of aromatic amines is 1. The van der Waals surface area contributed by atoms with Gasteiger partial charge in [-0.15, -0.1) is 11.3 Å². The molecule has 0 aliphatic rings. The summed E-state index contributed by atoms with van der Waals surface area (Å²) in [4.78, 5) is 29.9. The van der Waals surface area contributed by atoms with E-state index >= 15 is 0 Å². The zero-order chi connectivity index (χ0) is 21.5. The Labute approximate surface area is 182 Å². The topological polar surface area (TPSA) is 92.8 Å². The maximum absolute atomic E-state index is 12.0. The molecule has 0 fully saturated rings. The van der Waals surface area contributed by atoms with Gasteiger partial charge in [0, 0.05) is 29.4 Å². The van der Waals surface area contributed by atoms with Gasteiger partial charge < -0.3 is 15.0 Å². The van der Waals surface area contributed by atoms with Gasteiger partial charge in [-0.05, 0) is 22.9 Å². The molecule has 4 heterocycles. The number of nitrogens with one attached hydrogen (secondary N) is 2. The van der Waals surface area contributed by atoms with Crippen molar-refractivity contribution in [3.05, 3.63) is 34.9 Å². The van der Waals surface area contributed by atoms with E-state index in [2.05, 4.69) is 36.1 Å². The van der Waals surface area contributed by atoms with Crippen LogP contribution in [0.1, 0.15) is 27.2 Å². The summed E-state index contributed by atoms with van der Waals surface area (Å²) < 4.78 is 4.89. The molecule has 7 nitrogen and oxygen atoms in total. The number of pyridine rings is 1. The third-order valence-electron chi connectivity index (χ3n) is 5.02. The first-order valence-electron chi connectivity index (χ1n) is 9.48. The number of nitrogens with zero attached hydrogens (tertiary/aromatic N) is 3. The highest BCUT2D eigenvalue weighted by molar-refractivity contribution is 7.16. The maximum Gasteiger partial charge on any atom is 0.307 e. The molecule has 30 heavy (non-hydrogen) atoms. The van der Waals surface area contributed by atoms with Crippen LogP contribution in [-0.4, -0.2) is 39.1 Å². The number of carbonyl (C=O) groups is 1. The highest BCUT2D eigenvalue weighted by Gasteiger charge is 2.29. The number of hydrogen-bond donors (Lipinski definition) is 2. The second-order valence-corrected chi connectivity index (χ2v) is 9.46. The van der Waals surface area contributed by atoms with E-state index in [0.29, 0.717) is 16.7 Å². The Balaban J connectivity index is 1.81. The minimum atomic E-state index is -0.268. The molecule has 0 saturated heterocycles. The quantitative estimate of drug-likeness (QED) is 0.408. The van der Waals surface area contributed by atoms with Gasteiger partial charge in [-0.2, -0.15) is 0 Å². The number of hydrogen-bond acceptors (Lipinski definition) is 7. The second kappa shape index (κ2) is 7.85. The van der Waals surface area contributed by atoms with Crippen molar-refractivity contribution in [3.8, 4) is 11.4 Å². The fraction of sp³-hybridized carbons (Fsp3) is 0.333. The maximum atomic E-state index is 12.0. The van der Waals surface area contributed by atoms with Crippen molar-refractivity contribution in [2.45, 2.75) is 33.2 Å². The number of carbonyl (C=O) groups excluding carboxylic acids is 1. The van der Waals surface area contributed by atoms with Crippen molar-refractivity contribution in [3.63, 3.8) is 0 Å². The van der Waals surface area contributed by atoms with Crippen LogP contribution in [0.4, 0.5) is 5.82 Å². The van der Waals surface area contributed by atoms with Crippen molar-refractivity contribution < 1.29 is 9.53 Å². The van der Waals surface area contributed by atoms with Crippen LogP contribution in [0.2, 0.25) is 5.02 Å². The predicted molar refractivity (Wildman–Crippen MR) is 121 cm³/mol. The van der Waals surface area contributed by atoms with Gasteiger partial charge in [0.25, 0.3) is 0 Å². The molecule has 0 bridgehead atoms. The van der Waals surface area contributed by atoms with Gasteiger partial charge in [0.15, 0.2) is 5.82 Å². The zero-order valence-corrected chi connectivity index (χ0v) is 18.7. The van der Waals surface area contributed by atoms with E-state index < -0.39 is 0 Å². The molecule has 0 spiro atoms. The summed E-state index contributed by atoms with van der Waals surface area (Å²) in [6.45, 7) is 6.23. The first-order chi connectivity index (χ1) is 14.3. The summed E-state index contributed by atoms with van der Waals surface area (Å²) in [5.74, 6) is 0.980. The van der Waals surface area contributed by atoms with Crippen molar-refractivity contribution in [2.75, 3.05) is 12.4 Å². The van der Waals surface area contributed by atoms with Crippen molar-refractivity contribution in [2.24, 2.45) is 5.41 Å². The summed E-state index contributed by atoms with van der Waals surface area (Å²) in [5, 5.41) is 7.77. The number of fused-ring (bicyclic) bond motifs is 2. The van der Waals surface area contributed by atoms with Crippen molar-refractivity contribution in [1.82, 2.24) is 19.9 Å². The normalized spacial score (nSPS) is 13.0. The van der Waals surface area contributed by atoms with Crippen LogP contribution in [0.15, 0.2) is 29.9 Å². The molecule has 4 aromatic rings. The van der Waals surface area contributed by atoms with Crippen LogP contribution in [0.25, 0.3) is 32.6 Å². The Morgan fingerprint density at radius 3 is 2.87 bits per heavy atom. The highest BCUT2D eigenvalue weighted by Crippen LogP contribution is 2.34. The van der Waals surface area contributed by atoms with E-state index in [1.54, 1.807) is 6.20 Å². The molecule has 1 atom stereocenters. The van der Waals surface area contributed by atoms with Gasteiger partial charge in [0.1, 0.15) is 16.3 Å². The summed E-state index contributed by atoms with van der Waals surface area (Å²) in [6.07, 6.45) is 3.67. The van der Waals surface area contributed by atoms with E-state index in [9.17, 15) is 4.79 Å². The molecule has 0 radical (unpaired) electrons. The molecule has 0 unspecified atom stereocenters. The Bertz CT molecular complexity index is 1230. The van der Waals surface area contributed by atoms with Crippen LogP contribution < -0.4 is 5.32 Å². The smallest absolute Gasteiger partial charge is 0.307 e. The van der Waals surface area contributed by atoms with E-state index in [4.69, 9.17) is 26.3 Å². The Morgan fingerprint density at radius 2 is 2.13 bits per heavy atom. The summed E-state index contributed by atoms with van der Waals surface area (Å²) in [7, 11) is 1.40. The number of anilines is 1. The molecule has 0 aliphatic heterocycles. The average Bonchev–Trinajstić information content (AvgIpc) is 3.32. The highest BCUT2D eigenvalue weighted by atomic mass is 35.5. The monoisotopic (exact) mass is 443 g/mol. The van der Waals surface area contributed by atoms with Gasteiger partial charge in [-0.1, -0.05) is 32.4 Å². The van der Waals surface area contributed by atoms with E-state index in [0.717, 1.165) is 26.8 Å². The molecule has 2 N–H and O–H groups in total. The summed E-state index contributed by atoms with van der Waals surface area (Å²) >= 11 is 7.69. The number of H-pyrrole nitrogens is 1. The lowest BCUT2D eigenvalue weighted by Gasteiger charge is -2.31. The number of methoxy groups -OCH3 is 1. The molecule has 0 aliphatic carbocycles. The Hall–Kier alpha value is -2.71. The third kappa shape index (κ3) is 3.97. The van der Waals surface area contributed by atoms with Crippen LogP contribution in [0, 0.1) is 5.41 Å².